The Morgan fingerprint density at radius 3 is 2.53 bits per heavy atom. The number of benzene rings is 1. The van der Waals surface area contributed by atoms with Gasteiger partial charge in [-0.05, 0) is 38.3 Å². The van der Waals surface area contributed by atoms with Crippen molar-refractivity contribution in [3.8, 4) is 0 Å². The highest BCUT2D eigenvalue weighted by Gasteiger charge is 2.28. The predicted molar refractivity (Wildman–Crippen MR) is 74.9 cm³/mol. The van der Waals surface area contributed by atoms with Gasteiger partial charge in [0.15, 0.2) is 0 Å². The number of hydrogen-bond acceptors (Lipinski definition) is 4. The first-order valence-corrected chi connectivity index (χ1v) is 6.60. The number of nitro groups is 1. The molecular formula is C13H17ClN2O3. The second-order valence-electron chi connectivity index (χ2n) is 5.33. The molecule has 5 nitrogen and oxygen atoms in total. The van der Waals surface area contributed by atoms with Gasteiger partial charge in [-0.1, -0.05) is 11.6 Å². The van der Waals surface area contributed by atoms with Crippen molar-refractivity contribution in [2.75, 3.05) is 18.0 Å². The number of aryl methyl sites for hydroxylation is 1. The van der Waals surface area contributed by atoms with Crippen LogP contribution in [0, 0.1) is 17.0 Å². The van der Waals surface area contributed by atoms with Gasteiger partial charge in [0.1, 0.15) is 5.02 Å². The molecule has 2 rings (SSSR count). The van der Waals surface area contributed by atoms with Crippen molar-refractivity contribution in [2.45, 2.75) is 32.3 Å². The molecule has 1 aliphatic rings. The summed E-state index contributed by atoms with van der Waals surface area (Å²) in [5, 5.41) is 20.9. The molecule has 1 aromatic carbocycles. The fourth-order valence-corrected chi connectivity index (χ4v) is 2.59. The number of aliphatic hydroxyl groups is 1. The van der Waals surface area contributed by atoms with Crippen LogP contribution in [0.15, 0.2) is 12.1 Å². The second kappa shape index (κ2) is 4.98. The minimum absolute atomic E-state index is 0.0630. The van der Waals surface area contributed by atoms with Crippen molar-refractivity contribution >= 4 is 23.0 Å². The minimum Gasteiger partial charge on any atom is -0.390 e. The van der Waals surface area contributed by atoms with E-state index in [1.807, 2.05) is 13.8 Å². The van der Waals surface area contributed by atoms with Crippen LogP contribution >= 0.6 is 11.6 Å². The van der Waals surface area contributed by atoms with Crippen LogP contribution in [-0.2, 0) is 0 Å². The van der Waals surface area contributed by atoms with Gasteiger partial charge < -0.3 is 10.0 Å². The van der Waals surface area contributed by atoms with Crippen molar-refractivity contribution in [1.29, 1.82) is 0 Å². The molecule has 0 amide bonds. The van der Waals surface area contributed by atoms with Gasteiger partial charge in [-0.2, -0.15) is 0 Å². The van der Waals surface area contributed by atoms with Crippen LogP contribution in [-0.4, -0.2) is 28.7 Å². The molecule has 1 aliphatic heterocycles. The fourth-order valence-electron chi connectivity index (χ4n) is 2.37. The van der Waals surface area contributed by atoms with Crippen molar-refractivity contribution in [1.82, 2.24) is 0 Å². The number of anilines is 1. The normalized spacial score (nSPS) is 18.4. The van der Waals surface area contributed by atoms with Gasteiger partial charge in [0, 0.05) is 24.8 Å². The monoisotopic (exact) mass is 284 g/mol. The van der Waals surface area contributed by atoms with Crippen LogP contribution < -0.4 is 4.90 Å². The Balaban J connectivity index is 2.27. The molecule has 0 saturated carbocycles. The van der Waals surface area contributed by atoms with Gasteiger partial charge >= 0.3 is 0 Å². The molecule has 1 aromatic rings. The summed E-state index contributed by atoms with van der Waals surface area (Å²) < 4.78 is 0. The van der Waals surface area contributed by atoms with E-state index in [1.165, 1.54) is 6.07 Å². The van der Waals surface area contributed by atoms with Crippen LogP contribution in [0.4, 0.5) is 11.4 Å². The van der Waals surface area contributed by atoms with Gasteiger partial charge in [-0.3, -0.25) is 10.1 Å². The van der Waals surface area contributed by atoms with Crippen molar-refractivity contribution in [3.05, 3.63) is 32.8 Å². The topological polar surface area (TPSA) is 66.6 Å². The van der Waals surface area contributed by atoms with Crippen LogP contribution in [0.2, 0.25) is 5.02 Å². The van der Waals surface area contributed by atoms with Gasteiger partial charge in [0.05, 0.1) is 10.5 Å². The van der Waals surface area contributed by atoms with Gasteiger partial charge in [0.25, 0.3) is 5.69 Å². The molecule has 1 heterocycles. The zero-order valence-electron chi connectivity index (χ0n) is 11.0. The van der Waals surface area contributed by atoms with E-state index in [9.17, 15) is 15.2 Å². The van der Waals surface area contributed by atoms with E-state index in [0.29, 0.717) is 12.8 Å². The molecule has 0 unspecified atom stereocenters. The molecule has 1 N–H and O–H groups in total. The third-order valence-electron chi connectivity index (χ3n) is 3.64. The highest BCUT2D eigenvalue weighted by molar-refractivity contribution is 6.33. The number of piperidine rings is 1. The minimum atomic E-state index is -0.616. The average Bonchev–Trinajstić information content (AvgIpc) is 2.31. The van der Waals surface area contributed by atoms with Crippen molar-refractivity contribution in [2.24, 2.45) is 0 Å². The summed E-state index contributed by atoms with van der Waals surface area (Å²) in [4.78, 5) is 12.5. The van der Waals surface area contributed by atoms with E-state index >= 15 is 0 Å². The zero-order valence-corrected chi connectivity index (χ0v) is 11.8. The first kappa shape index (κ1) is 14.1. The summed E-state index contributed by atoms with van der Waals surface area (Å²) in [6, 6.07) is 3.15. The van der Waals surface area contributed by atoms with Crippen LogP contribution in [0.1, 0.15) is 25.3 Å². The summed E-state index contributed by atoms with van der Waals surface area (Å²) >= 11 is 5.95. The van der Waals surface area contributed by atoms with Crippen molar-refractivity contribution < 1.29 is 10.0 Å². The number of nitro benzene ring substituents is 1. The average molecular weight is 285 g/mol. The molecule has 0 bridgehead atoms. The Bertz CT molecular complexity index is 507. The van der Waals surface area contributed by atoms with E-state index < -0.39 is 10.5 Å². The SMILES string of the molecule is Cc1cc([N+](=O)[O-])c(Cl)cc1N1CCC(C)(O)CC1. The first-order valence-electron chi connectivity index (χ1n) is 6.22. The Hall–Kier alpha value is -1.33. The molecule has 1 saturated heterocycles. The number of nitrogens with zero attached hydrogens (tertiary/aromatic N) is 2. The van der Waals surface area contributed by atoms with E-state index in [-0.39, 0.29) is 10.7 Å². The Labute approximate surface area is 116 Å². The smallest absolute Gasteiger partial charge is 0.288 e. The Morgan fingerprint density at radius 2 is 2.00 bits per heavy atom. The van der Waals surface area contributed by atoms with Crippen LogP contribution in [0.3, 0.4) is 0 Å². The Morgan fingerprint density at radius 1 is 1.42 bits per heavy atom. The molecular weight excluding hydrogens is 268 g/mol. The third kappa shape index (κ3) is 2.98. The fraction of sp³-hybridized carbons (Fsp3) is 0.538. The standard InChI is InChI=1S/C13H17ClN2O3/c1-9-7-12(16(18)19)10(14)8-11(9)15-5-3-13(2,17)4-6-15/h7-8,17H,3-6H2,1-2H3. The maximum Gasteiger partial charge on any atom is 0.288 e. The maximum atomic E-state index is 10.8. The Kier molecular flexibility index (Phi) is 3.69. The molecule has 0 aromatic heterocycles. The number of hydrogen-bond donors (Lipinski definition) is 1. The zero-order chi connectivity index (χ0) is 14.2. The molecule has 6 heteroatoms. The highest BCUT2D eigenvalue weighted by atomic mass is 35.5. The van der Waals surface area contributed by atoms with Crippen LogP contribution in [0.25, 0.3) is 0 Å². The third-order valence-corrected chi connectivity index (χ3v) is 3.95. The maximum absolute atomic E-state index is 10.8. The molecule has 0 radical (unpaired) electrons. The first-order chi connectivity index (χ1) is 8.80. The van der Waals surface area contributed by atoms with Crippen molar-refractivity contribution in [3.63, 3.8) is 0 Å². The lowest BCUT2D eigenvalue weighted by molar-refractivity contribution is -0.384. The van der Waals surface area contributed by atoms with Crippen LogP contribution in [0.5, 0.6) is 0 Å². The molecule has 19 heavy (non-hydrogen) atoms. The highest BCUT2D eigenvalue weighted by Crippen LogP contribution is 2.34. The largest absolute Gasteiger partial charge is 0.390 e. The number of rotatable bonds is 2. The summed E-state index contributed by atoms with van der Waals surface area (Å²) in [5.74, 6) is 0. The summed E-state index contributed by atoms with van der Waals surface area (Å²) in [6.45, 7) is 5.12. The van der Waals surface area contributed by atoms with E-state index in [2.05, 4.69) is 4.90 Å². The molecule has 104 valence electrons. The van der Waals surface area contributed by atoms with Gasteiger partial charge in [-0.25, -0.2) is 0 Å². The lowest BCUT2D eigenvalue weighted by Crippen LogP contribution is -2.42. The summed E-state index contributed by atoms with van der Waals surface area (Å²) in [7, 11) is 0. The molecule has 1 fully saturated rings. The lowest BCUT2D eigenvalue weighted by Gasteiger charge is -2.37. The number of halogens is 1. The predicted octanol–water partition coefficient (Wildman–Crippen LogP) is 2.91. The van der Waals surface area contributed by atoms with Gasteiger partial charge in [-0.15, -0.1) is 0 Å². The van der Waals surface area contributed by atoms with E-state index in [4.69, 9.17) is 11.6 Å². The molecule has 0 spiro atoms. The summed E-state index contributed by atoms with van der Waals surface area (Å²) in [5.41, 5.74) is 1.06. The van der Waals surface area contributed by atoms with Gasteiger partial charge in [0.2, 0.25) is 0 Å². The lowest BCUT2D eigenvalue weighted by atomic mass is 9.93. The molecule has 0 atom stereocenters. The van der Waals surface area contributed by atoms with E-state index in [0.717, 1.165) is 24.3 Å². The van der Waals surface area contributed by atoms with E-state index in [1.54, 1.807) is 6.07 Å². The molecule has 0 aliphatic carbocycles. The summed E-state index contributed by atoms with van der Waals surface area (Å²) in [6.07, 6.45) is 1.36. The quantitative estimate of drug-likeness (QED) is 0.670. The second-order valence-corrected chi connectivity index (χ2v) is 5.74.